The van der Waals surface area contributed by atoms with Crippen molar-refractivity contribution in [2.45, 2.75) is 26.3 Å². The van der Waals surface area contributed by atoms with Gasteiger partial charge in [0.15, 0.2) is 0 Å². The van der Waals surface area contributed by atoms with E-state index in [1.165, 1.54) is 0 Å². The molecule has 2 N–H and O–H groups in total. The molecule has 2 aromatic rings. The van der Waals surface area contributed by atoms with E-state index in [4.69, 9.17) is 9.72 Å². The molecular weight excluding hydrogens is 304 g/mol. The van der Waals surface area contributed by atoms with Crippen molar-refractivity contribution in [1.82, 2.24) is 20.0 Å². The number of fused-ring (bicyclic) bond motifs is 2. The Morgan fingerprint density at radius 1 is 1.42 bits per heavy atom. The van der Waals surface area contributed by atoms with Crippen molar-refractivity contribution in [2.24, 2.45) is 17.8 Å². The van der Waals surface area contributed by atoms with Crippen LogP contribution < -0.4 is 15.4 Å². The summed E-state index contributed by atoms with van der Waals surface area (Å²) in [4.78, 5) is 17.4. The van der Waals surface area contributed by atoms with E-state index in [0.717, 1.165) is 35.9 Å². The van der Waals surface area contributed by atoms with Gasteiger partial charge in [-0.2, -0.15) is 0 Å². The average molecular weight is 328 g/mol. The molecule has 2 aromatic heterocycles. The molecule has 1 aliphatic heterocycles. The lowest BCUT2D eigenvalue weighted by Crippen LogP contribution is -2.44. The van der Waals surface area contributed by atoms with Crippen LogP contribution in [0.4, 0.5) is 0 Å². The maximum atomic E-state index is 12.7. The van der Waals surface area contributed by atoms with Gasteiger partial charge < -0.3 is 19.8 Å². The molecule has 2 fully saturated rings. The Kier molecular flexibility index (Phi) is 3.35. The van der Waals surface area contributed by atoms with Crippen molar-refractivity contribution in [1.29, 1.82) is 0 Å². The summed E-state index contributed by atoms with van der Waals surface area (Å²) in [6.07, 6.45) is 1.95. The normalized spacial score (nSPS) is 25.6. The third kappa shape index (κ3) is 2.28. The van der Waals surface area contributed by atoms with Crippen LogP contribution in [0.25, 0.3) is 5.52 Å². The summed E-state index contributed by atoms with van der Waals surface area (Å²) in [5.74, 6) is 3.00. The van der Waals surface area contributed by atoms with Gasteiger partial charge in [-0.3, -0.25) is 4.79 Å². The molecule has 4 rings (SSSR count). The molecule has 1 saturated carbocycles. The van der Waals surface area contributed by atoms with Crippen molar-refractivity contribution in [3.05, 3.63) is 29.8 Å². The van der Waals surface area contributed by atoms with Crippen molar-refractivity contribution < 1.29 is 9.53 Å². The third-order valence-electron chi connectivity index (χ3n) is 5.42. The van der Waals surface area contributed by atoms with Gasteiger partial charge in [0.05, 0.1) is 23.9 Å². The number of methoxy groups -OCH3 is 1. The number of piperidine rings is 1. The standard InChI is InChI=1S/C18H24N4O2/c1-10-14-7-11(24-4)5-6-22(14)17(20-10)18(2,3)21-16(23)15-12-8-19-9-13(12)15/h5-7,12-13,15,19H,8-9H2,1-4H3,(H,21,23)/t12-,13+,15?. The third-order valence-corrected chi connectivity index (χ3v) is 5.42. The maximum Gasteiger partial charge on any atom is 0.224 e. The highest BCUT2D eigenvalue weighted by Crippen LogP contribution is 2.49. The largest absolute Gasteiger partial charge is 0.497 e. The number of carbonyl (C=O) groups is 1. The summed E-state index contributed by atoms with van der Waals surface area (Å²) in [7, 11) is 1.66. The van der Waals surface area contributed by atoms with Crippen LogP contribution in [0, 0.1) is 24.7 Å². The van der Waals surface area contributed by atoms with E-state index in [1.807, 2.05) is 43.5 Å². The van der Waals surface area contributed by atoms with Crippen LogP contribution >= 0.6 is 0 Å². The van der Waals surface area contributed by atoms with Crippen LogP contribution in [0.2, 0.25) is 0 Å². The predicted octanol–water partition coefficient (Wildman–Crippen LogP) is 1.47. The van der Waals surface area contributed by atoms with Crippen molar-refractivity contribution in [3.63, 3.8) is 0 Å². The first-order valence-electron chi connectivity index (χ1n) is 8.48. The minimum absolute atomic E-state index is 0.152. The fourth-order valence-electron chi connectivity index (χ4n) is 4.04. The lowest BCUT2D eigenvalue weighted by atomic mass is 10.0. The Morgan fingerprint density at radius 3 is 2.79 bits per heavy atom. The average Bonchev–Trinajstić information content (AvgIpc) is 2.88. The van der Waals surface area contributed by atoms with Crippen molar-refractivity contribution in [3.8, 4) is 5.75 Å². The quantitative estimate of drug-likeness (QED) is 0.892. The van der Waals surface area contributed by atoms with E-state index in [1.54, 1.807) is 7.11 Å². The molecule has 3 atom stereocenters. The highest BCUT2D eigenvalue weighted by Gasteiger charge is 2.57. The highest BCUT2D eigenvalue weighted by molar-refractivity contribution is 5.83. The van der Waals surface area contributed by atoms with Crippen LogP contribution in [0.3, 0.4) is 0 Å². The molecule has 1 amide bonds. The SMILES string of the molecule is COc1ccn2c(C(C)(C)NC(=O)C3[C@H]4CNC[C@@H]34)nc(C)c2c1. The second-order valence-corrected chi connectivity index (χ2v) is 7.47. The Hall–Kier alpha value is -2.08. The van der Waals surface area contributed by atoms with Gasteiger partial charge in [0.25, 0.3) is 0 Å². The molecule has 0 spiro atoms. The predicted molar refractivity (Wildman–Crippen MR) is 91.0 cm³/mol. The highest BCUT2D eigenvalue weighted by atomic mass is 16.5. The molecular formula is C18H24N4O2. The summed E-state index contributed by atoms with van der Waals surface area (Å²) in [6, 6.07) is 3.88. The second-order valence-electron chi connectivity index (χ2n) is 7.47. The summed E-state index contributed by atoms with van der Waals surface area (Å²) in [5, 5.41) is 6.55. The van der Waals surface area contributed by atoms with Gasteiger partial charge in [-0.25, -0.2) is 4.98 Å². The van der Waals surface area contributed by atoms with Gasteiger partial charge in [-0.1, -0.05) is 0 Å². The van der Waals surface area contributed by atoms with Crippen LogP contribution in [0.5, 0.6) is 5.75 Å². The zero-order valence-electron chi connectivity index (χ0n) is 14.6. The number of nitrogens with zero attached hydrogens (tertiary/aromatic N) is 2. The number of aromatic nitrogens is 2. The van der Waals surface area contributed by atoms with Gasteiger partial charge >= 0.3 is 0 Å². The van der Waals surface area contributed by atoms with Crippen LogP contribution in [0.15, 0.2) is 18.3 Å². The Bertz CT molecular complexity index is 801. The maximum absolute atomic E-state index is 12.7. The number of carbonyl (C=O) groups excluding carboxylic acids is 1. The summed E-state index contributed by atoms with van der Waals surface area (Å²) in [5.41, 5.74) is 1.39. The monoisotopic (exact) mass is 328 g/mol. The van der Waals surface area contributed by atoms with Crippen molar-refractivity contribution in [2.75, 3.05) is 20.2 Å². The number of hydrogen-bond acceptors (Lipinski definition) is 4. The molecule has 0 aromatic carbocycles. The van der Waals surface area contributed by atoms with Crippen LogP contribution in [-0.4, -0.2) is 35.5 Å². The molecule has 24 heavy (non-hydrogen) atoms. The molecule has 2 aliphatic rings. The Balaban J connectivity index is 1.62. The van der Waals surface area contributed by atoms with Gasteiger partial charge in [-0.05, 0) is 51.8 Å². The minimum Gasteiger partial charge on any atom is -0.497 e. The number of imidazole rings is 1. The Morgan fingerprint density at radius 2 is 2.12 bits per heavy atom. The molecule has 1 saturated heterocycles. The first-order valence-corrected chi connectivity index (χ1v) is 8.48. The molecule has 6 nitrogen and oxygen atoms in total. The van der Waals surface area contributed by atoms with E-state index in [-0.39, 0.29) is 11.8 Å². The smallest absolute Gasteiger partial charge is 0.224 e. The number of amides is 1. The lowest BCUT2D eigenvalue weighted by Gasteiger charge is -2.25. The topological polar surface area (TPSA) is 67.7 Å². The molecule has 6 heteroatoms. The molecule has 0 bridgehead atoms. The summed E-state index contributed by atoms with van der Waals surface area (Å²) in [6.45, 7) is 7.94. The zero-order valence-corrected chi connectivity index (χ0v) is 14.6. The molecule has 1 unspecified atom stereocenters. The number of ether oxygens (including phenoxy) is 1. The second kappa shape index (κ2) is 5.21. The van der Waals surface area contributed by atoms with Crippen LogP contribution in [0.1, 0.15) is 25.4 Å². The lowest BCUT2D eigenvalue weighted by molar-refractivity contribution is -0.124. The van der Waals surface area contributed by atoms with E-state index in [2.05, 4.69) is 10.6 Å². The van der Waals surface area contributed by atoms with Gasteiger partial charge in [0.2, 0.25) is 5.91 Å². The molecule has 0 radical (unpaired) electrons. The number of rotatable bonds is 4. The number of nitrogens with one attached hydrogen (secondary N) is 2. The summed E-state index contributed by atoms with van der Waals surface area (Å²) >= 11 is 0. The first-order chi connectivity index (χ1) is 11.4. The van der Waals surface area contributed by atoms with E-state index in [0.29, 0.717) is 11.8 Å². The first kappa shape index (κ1) is 15.4. The zero-order chi connectivity index (χ0) is 17.1. The molecule has 1 aliphatic carbocycles. The number of hydrogen-bond donors (Lipinski definition) is 2. The fraction of sp³-hybridized carbons (Fsp3) is 0.556. The van der Waals surface area contributed by atoms with Crippen LogP contribution in [-0.2, 0) is 10.3 Å². The summed E-state index contributed by atoms with van der Waals surface area (Å²) < 4.78 is 7.34. The number of aryl methyl sites for hydroxylation is 1. The van der Waals surface area contributed by atoms with Crippen molar-refractivity contribution >= 4 is 11.4 Å². The van der Waals surface area contributed by atoms with Gasteiger partial charge in [0.1, 0.15) is 11.6 Å². The molecule has 3 heterocycles. The van der Waals surface area contributed by atoms with Gasteiger partial charge in [-0.15, -0.1) is 0 Å². The molecule has 128 valence electrons. The van der Waals surface area contributed by atoms with Gasteiger partial charge in [0, 0.05) is 18.2 Å². The number of pyridine rings is 1. The van der Waals surface area contributed by atoms with E-state index >= 15 is 0 Å². The fourth-order valence-corrected chi connectivity index (χ4v) is 4.04. The van der Waals surface area contributed by atoms with E-state index in [9.17, 15) is 4.79 Å². The minimum atomic E-state index is -0.535. The van der Waals surface area contributed by atoms with E-state index < -0.39 is 5.54 Å². The Labute approximate surface area is 141 Å².